The molecule has 2 amide bonds. The molecular weight excluding hydrogens is 467 g/mol. The predicted molar refractivity (Wildman–Crippen MR) is 117 cm³/mol. The summed E-state index contributed by atoms with van der Waals surface area (Å²) < 4.78 is 24.5. The lowest BCUT2D eigenvalue weighted by atomic mass is 10.1. The van der Waals surface area contributed by atoms with Gasteiger partial charge in [-0.2, -0.15) is 10.1 Å². The third-order valence-corrected chi connectivity index (χ3v) is 5.56. The van der Waals surface area contributed by atoms with E-state index in [1.165, 1.54) is 17.1 Å². The molecule has 34 heavy (non-hydrogen) atoms. The highest BCUT2D eigenvalue weighted by molar-refractivity contribution is 6.32. The van der Waals surface area contributed by atoms with Crippen molar-refractivity contribution in [1.29, 1.82) is 0 Å². The molecule has 1 saturated heterocycles. The van der Waals surface area contributed by atoms with Crippen molar-refractivity contribution >= 4 is 29.1 Å². The van der Waals surface area contributed by atoms with Crippen molar-refractivity contribution in [1.82, 2.24) is 15.1 Å². The fourth-order valence-electron chi connectivity index (χ4n) is 3.76. The molecule has 0 radical (unpaired) electrons. The molecule has 10 nitrogen and oxygen atoms in total. The van der Waals surface area contributed by atoms with E-state index < -0.39 is 29.7 Å². The quantitative estimate of drug-likeness (QED) is 0.489. The molecule has 0 N–H and O–H groups in total. The van der Waals surface area contributed by atoms with Gasteiger partial charge in [-0.3, -0.25) is 14.6 Å². The fraction of sp³-hybridized carbons (Fsp3) is 0.273. The van der Waals surface area contributed by atoms with E-state index >= 15 is 0 Å². The molecule has 2 atom stereocenters. The molecule has 3 aromatic rings. The number of amides is 2. The summed E-state index contributed by atoms with van der Waals surface area (Å²) in [4.78, 5) is 31.2. The van der Waals surface area contributed by atoms with Crippen LogP contribution < -0.4 is 9.64 Å². The van der Waals surface area contributed by atoms with Crippen LogP contribution in [0.15, 0.2) is 57.3 Å². The van der Waals surface area contributed by atoms with E-state index in [1.54, 1.807) is 0 Å². The average molecular weight is 485 g/mol. The van der Waals surface area contributed by atoms with Gasteiger partial charge in [0, 0.05) is 5.56 Å². The molecule has 1 aromatic heterocycles. The summed E-state index contributed by atoms with van der Waals surface area (Å²) >= 11 is 5.82. The largest absolute Gasteiger partial charge is 0.491 e. The fourth-order valence-corrected chi connectivity index (χ4v) is 3.94. The van der Waals surface area contributed by atoms with Gasteiger partial charge < -0.3 is 9.26 Å². The molecule has 12 heteroatoms. The highest BCUT2D eigenvalue weighted by Crippen LogP contribution is 2.34. The standard InChI is InChI=1S/C22H18ClFN6O4/c1-11(2)33-14-6-3-12(4-7-14)20-25-17(34-27-20)10-29-19-18(26-28-29)21(31)30(22(19)32)13-5-8-16(24)15(23)9-13/h3-9,11,18-19H,10H2,1-2H3/t18-,19-/m0/s1. The van der Waals surface area contributed by atoms with Gasteiger partial charge in [0.25, 0.3) is 11.8 Å². The van der Waals surface area contributed by atoms with Gasteiger partial charge in [-0.15, -0.1) is 0 Å². The van der Waals surface area contributed by atoms with Crippen molar-refractivity contribution in [3.05, 3.63) is 59.2 Å². The first kappa shape index (κ1) is 22.0. The molecule has 1 fully saturated rings. The molecule has 2 aliphatic heterocycles. The smallest absolute Gasteiger partial charge is 0.263 e. The van der Waals surface area contributed by atoms with Crippen LogP contribution in [0.5, 0.6) is 5.75 Å². The number of anilines is 1. The zero-order valence-electron chi connectivity index (χ0n) is 18.1. The predicted octanol–water partition coefficient (Wildman–Crippen LogP) is 3.81. The van der Waals surface area contributed by atoms with Crippen molar-refractivity contribution in [2.45, 2.75) is 38.6 Å². The van der Waals surface area contributed by atoms with Gasteiger partial charge >= 0.3 is 0 Å². The Bertz CT molecular complexity index is 1290. The van der Waals surface area contributed by atoms with Crippen LogP contribution >= 0.6 is 11.6 Å². The number of rotatable bonds is 6. The summed E-state index contributed by atoms with van der Waals surface area (Å²) in [5.41, 5.74) is 0.884. The molecule has 0 bridgehead atoms. The summed E-state index contributed by atoms with van der Waals surface area (Å²) in [6.45, 7) is 3.86. The van der Waals surface area contributed by atoms with Crippen molar-refractivity contribution < 1.29 is 23.2 Å². The van der Waals surface area contributed by atoms with Crippen molar-refractivity contribution in [3.63, 3.8) is 0 Å². The van der Waals surface area contributed by atoms with Crippen molar-refractivity contribution in [2.24, 2.45) is 10.3 Å². The third-order valence-electron chi connectivity index (χ3n) is 5.27. The zero-order valence-corrected chi connectivity index (χ0v) is 18.8. The molecule has 3 heterocycles. The lowest BCUT2D eigenvalue weighted by Gasteiger charge is -2.19. The minimum absolute atomic E-state index is 0.0246. The van der Waals surface area contributed by atoms with Gasteiger partial charge in [-0.25, -0.2) is 9.29 Å². The van der Waals surface area contributed by atoms with Crippen molar-refractivity contribution in [3.8, 4) is 17.1 Å². The molecule has 0 unspecified atom stereocenters. The highest BCUT2D eigenvalue weighted by Gasteiger charge is 2.55. The Hall–Kier alpha value is -3.86. The Morgan fingerprint density at radius 2 is 1.91 bits per heavy atom. The average Bonchev–Trinajstić information content (AvgIpc) is 3.49. The number of ether oxygens (including phenoxy) is 1. The van der Waals surface area contributed by atoms with Crippen LogP contribution in [0.25, 0.3) is 11.4 Å². The van der Waals surface area contributed by atoms with Crippen LogP contribution in [-0.2, 0) is 16.1 Å². The maximum atomic E-state index is 13.5. The zero-order chi connectivity index (χ0) is 24.0. The number of imide groups is 1. The molecule has 5 rings (SSSR count). The number of hydrogen-bond acceptors (Lipinski definition) is 9. The van der Waals surface area contributed by atoms with Crippen LogP contribution in [0.1, 0.15) is 19.7 Å². The van der Waals surface area contributed by atoms with E-state index in [2.05, 4.69) is 20.5 Å². The normalized spacial score (nSPS) is 19.4. The second kappa shape index (κ2) is 8.49. The number of nitrogens with zero attached hydrogens (tertiary/aromatic N) is 6. The van der Waals surface area contributed by atoms with Gasteiger partial charge in [-0.05, 0) is 56.3 Å². The molecule has 174 valence electrons. The SMILES string of the molecule is CC(C)Oc1ccc(-c2noc(CN3N=N[C@@H]4C(=O)N(c5ccc(F)c(Cl)c5)C(=O)[C@H]43)n2)cc1. The lowest BCUT2D eigenvalue weighted by molar-refractivity contribution is -0.123. The maximum Gasteiger partial charge on any atom is 0.263 e. The number of carbonyl (C=O) groups excluding carboxylic acids is 2. The first-order valence-electron chi connectivity index (χ1n) is 10.4. The van der Waals surface area contributed by atoms with Gasteiger partial charge in [0.2, 0.25) is 11.7 Å². The van der Waals surface area contributed by atoms with Crippen LogP contribution in [0.2, 0.25) is 5.02 Å². The van der Waals surface area contributed by atoms with E-state index in [0.717, 1.165) is 22.3 Å². The Balaban J connectivity index is 1.31. The number of fused-ring (bicyclic) bond motifs is 1. The van der Waals surface area contributed by atoms with Crippen LogP contribution in [0.4, 0.5) is 10.1 Å². The second-order valence-corrected chi connectivity index (χ2v) is 8.41. The number of carbonyl (C=O) groups is 2. The van der Waals surface area contributed by atoms with Gasteiger partial charge in [0.1, 0.15) is 18.1 Å². The summed E-state index contributed by atoms with van der Waals surface area (Å²) in [7, 11) is 0. The minimum Gasteiger partial charge on any atom is -0.491 e. The minimum atomic E-state index is -1.02. The molecule has 0 aliphatic carbocycles. The molecule has 2 aliphatic rings. The van der Waals surface area contributed by atoms with E-state index in [-0.39, 0.29) is 29.2 Å². The first-order chi connectivity index (χ1) is 16.3. The van der Waals surface area contributed by atoms with Gasteiger partial charge in [0.15, 0.2) is 12.1 Å². The number of benzene rings is 2. The number of aromatic nitrogens is 2. The van der Waals surface area contributed by atoms with E-state index in [9.17, 15) is 14.0 Å². The maximum absolute atomic E-state index is 13.5. The summed E-state index contributed by atoms with van der Waals surface area (Å²) in [6, 6.07) is 8.86. The molecular formula is C22H18ClFN6O4. The van der Waals surface area contributed by atoms with Crippen LogP contribution in [0.3, 0.4) is 0 Å². The van der Waals surface area contributed by atoms with E-state index in [0.29, 0.717) is 5.82 Å². The van der Waals surface area contributed by atoms with Crippen molar-refractivity contribution in [2.75, 3.05) is 4.90 Å². The Morgan fingerprint density at radius 1 is 1.15 bits per heavy atom. The van der Waals surface area contributed by atoms with Crippen LogP contribution in [-0.4, -0.2) is 45.2 Å². The lowest BCUT2D eigenvalue weighted by Crippen LogP contribution is -2.39. The number of hydrogen-bond donors (Lipinski definition) is 0. The topological polar surface area (TPSA) is 113 Å². The first-order valence-corrected chi connectivity index (χ1v) is 10.8. The summed E-state index contributed by atoms with van der Waals surface area (Å²) in [5.74, 6) is -0.500. The third kappa shape index (κ3) is 3.87. The Kier molecular flexibility index (Phi) is 5.48. The number of halogens is 2. The van der Waals surface area contributed by atoms with Gasteiger partial charge in [-0.1, -0.05) is 22.0 Å². The summed E-state index contributed by atoms with van der Waals surface area (Å²) in [5, 5.41) is 13.0. The molecule has 2 aromatic carbocycles. The van der Waals surface area contributed by atoms with Crippen LogP contribution in [0, 0.1) is 5.82 Å². The second-order valence-electron chi connectivity index (χ2n) is 8.01. The van der Waals surface area contributed by atoms with E-state index in [1.807, 2.05) is 38.1 Å². The Morgan fingerprint density at radius 3 is 2.62 bits per heavy atom. The van der Waals surface area contributed by atoms with E-state index in [4.69, 9.17) is 20.9 Å². The summed E-state index contributed by atoms with van der Waals surface area (Å²) in [6.07, 6.45) is 0.0576. The molecule has 0 spiro atoms. The van der Waals surface area contributed by atoms with Gasteiger partial charge in [0.05, 0.1) is 16.8 Å². The monoisotopic (exact) mass is 484 g/mol. The molecule has 0 saturated carbocycles. The highest BCUT2D eigenvalue weighted by atomic mass is 35.5. The Labute approximate surface area is 197 Å².